The lowest BCUT2D eigenvalue weighted by molar-refractivity contribution is 0.581. The molecule has 0 aliphatic rings. The van der Waals surface area contributed by atoms with E-state index in [4.69, 9.17) is 11.6 Å². The van der Waals surface area contributed by atoms with Crippen molar-refractivity contribution in [1.82, 2.24) is 14.5 Å². The fraction of sp³-hybridized carbons (Fsp3) is 0.308. The zero-order valence-electron chi connectivity index (χ0n) is 11.8. The van der Waals surface area contributed by atoms with Crippen molar-refractivity contribution in [1.29, 1.82) is 0 Å². The van der Waals surface area contributed by atoms with Gasteiger partial charge in [-0.15, -0.1) is 0 Å². The summed E-state index contributed by atoms with van der Waals surface area (Å²) in [6.07, 6.45) is 0. The summed E-state index contributed by atoms with van der Waals surface area (Å²) in [4.78, 5) is 0.0616. The Hall–Kier alpha value is -0.890. The maximum atomic E-state index is 12.3. The molecule has 0 saturated carbocycles. The van der Waals surface area contributed by atoms with Crippen molar-refractivity contribution in [3.63, 3.8) is 0 Å². The molecule has 0 aliphatic heterocycles. The summed E-state index contributed by atoms with van der Waals surface area (Å²) in [5, 5.41) is 4.44. The topological polar surface area (TPSA) is 64.0 Å². The van der Waals surface area contributed by atoms with E-state index in [-0.39, 0.29) is 16.5 Å². The Labute approximate surface area is 137 Å². The molecule has 0 spiro atoms. The van der Waals surface area contributed by atoms with Crippen LogP contribution in [0.1, 0.15) is 17.0 Å². The molecule has 0 unspecified atom stereocenters. The first kappa shape index (κ1) is 16.5. The Morgan fingerprint density at radius 1 is 1.38 bits per heavy atom. The van der Waals surface area contributed by atoms with E-state index in [0.29, 0.717) is 0 Å². The molecule has 21 heavy (non-hydrogen) atoms. The third-order valence-electron chi connectivity index (χ3n) is 3.28. The molecule has 1 heterocycles. The standard InChI is InChI=1S/C13H15BrClN3O2S/c1-8-11(9(2)18(3)17-8)7-16-21(19,20)13-5-4-10(14)6-12(13)15/h4-6,16H,7H2,1-3H3. The Bertz CT molecular complexity index is 787. The first-order valence-corrected chi connectivity index (χ1v) is 8.81. The number of benzene rings is 1. The van der Waals surface area contributed by atoms with Gasteiger partial charge in [0.1, 0.15) is 4.90 Å². The predicted octanol–water partition coefficient (Wildman–Crippen LogP) is 2.93. The highest BCUT2D eigenvalue weighted by Crippen LogP contribution is 2.25. The van der Waals surface area contributed by atoms with E-state index in [1.54, 1.807) is 16.8 Å². The first-order chi connectivity index (χ1) is 9.72. The molecule has 114 valence electrons. The number of nitrogens with zero attached hydrogens (tertiary/aromatic N) is 2. The van der Waals surface area contributed by atoms with Crippen molar-refractivity contribution in [3.8, 4) is 0 Å². The van der Waals surface area contributed by atoms with Crippen LogP contribution in [-0.4, -0.2) is 18.2 Å². The van der Waals surface area contributed by atoms with Crippen LogP contribution in [0, 0.1) is 13.8 Å². The summed E-state index contributed by atoms with van der Waals surface area (Å²) in [5.41, 5.74) is 2.60. The maximum absolute atomic E-state index is 12.3. The highest BCUT2D eigenvalue weighted by Gasteiger charge is 2.19. The molecular weight excluding hydrogens is 378 g/mol. The van der Waals surface area contributed by atoms with Crippen molar-refractivity contribution >= 4 is 37.6 Å². The maximum Gasteiger partial charge on any atom is 0.242 e. The molecule has 1 N–H and O–H groups in total. The number of aryl methyl sites for hydroxylation is 2. The van der Waals surface area contributed by atoms with Crippen LogP contribution in [0.3, 0.4) is 0 Å². The molecule has 0 bridgehead atoms. The van der Waals surface area contributed by atoms with E-state index >= 15 is 0 Å². The minimum absolute atomic E-state index is 0.0616. The smallest absolute Gasteiger partial charge is 0.242 e. The van der Waals surface area contributed by atoms with Crippen LogP contribution in [0.15, 0.2) is 27.6 Å². The van der Waals surface area contributed by atoms with Crippen molar-refractivity contribution < 1.29 is 8.42 Å². The molecule has 0 fully saturated rings. The lowest BCUT2D eigenvalue weighted by Gasteiger charge is -2.09. The minimum Gasteiger partial charge on any atom is -0.272 e. The summed E-state index contributed by atoms with van der Waals surface area (Å²) in [6, 6.07) is 4.66. The fourth-order valence-corrected chi connectivity index (χ4v) is 4.04. The van der Waals surface area contributed by atoms with E-state index in [1.807, 2.05) is 20.9 Å². The van der Waals surface area contributed by atoms with Crippen molar-refractivity contribution in [2.75, 3.05) is 0 Å². The lowest BCUT2D eigenvalue weighted by atomic mass is 10.2. The third kappa shape index (κ3) is 3.48. The Morgan fingerprint density at radius 3 is 2.57 bits per heavy atom. The number of sulfonamides is 1. The van der Waals surface area contributed by atoms with E-state index in [1.165, 1.54) is 6.07 Å². The summed E-state index contributed by atoms with van der Waals surface area (Å²) >= 11 is 9.25. The average Bonchev–Trinajstić information content (AvgIpc) is 2.60. The zero-order chi connectivity index (χ0) is 15.8. The van der Waals surface area contributed by atoms with Crippen LogP contribution in [0.2, 0.25) is 5.02 Å². The van der Waals surface area contributed by atoms with Crippen LogP contribution in [0.25, 0.3) is 0 Å². The quantitative estimate of drug-likeness (QED) is 0.870. The Kier molecular flexibility index (Phi) is 4.77. The first-order valence-electron chi connectivity index (χ1n) is 6.16. The number of aromatic nitrogens is 2. The van der Waals surface area contributed by atoms with Gasteiger partial charge in [-0.3, -0.25) is 4.68 Å². The molecule has 0 saturated heterocycles. The van der Waals surface area contributed by atoms with Gasteiger partial charge in [0.05, 0.1) is 10.7 Å². The van der Waals surface area contributed by atoms with E-state index in [9.17, 15) is 8.42 Å². The SMILES string of the molecule is Cc1nn(C)c(C)c1CNS(=O)(=O)c1ccc(Br)cc1Cl. The van der Waals surface area contributed by atoms with Crippen LogP contribution in [0.4, 0.5) is 0 Å². The van der Waals surface area contributed by atoms with E-state index in [0.717, 1.165) is 21.4 Å². The number of rotatable bonds is 4. The van der Waals surface area contributed by atoms with Gasteiger partial charge in [-0.1, -0.05) is 27.5 Å². The number of hydrogen-bond donors (Lipinski definition) is 1. The van der Waals surface area contributed by atoms with Crippen LogP contribution >= 0.6 is 27.5 Å². The van der Waals surface area contributed by atoms with Gasteiger partial charge in [-0.05, 0) is 32.0 Å². The number of hydrogen-bond acceptors (Lipinski definition) is 3. The van der Waals surface area contributed by atoms with Gasteiger partial charge in [0, 0.05) is 29.3 Å². The molecule has 0 amide bonds. The van der Waals surface area contributed by atoms with E-state index < -0.39 is 10.0 Å². The van der Waals surface area contributed by atoms with Gasteiger partial charge in [0.25, 0.3) is 0 Å². The normalized spacial score (nSPS) is 11.9. The lowest BCUT2D eigenvalue weighted by Crippen LogP contribution is -2.24. The molecule has 5 nitrogen and oxygen atoms in total. The Balaban J connectivity index is 2.26. The predicted molar refractivity (Wildman–Crippen MR) is 85.9 cm³/mol. The molecule has 1 aromatic heterocycles. The fourth-order valence-electron chi connectivity index (χ4n) is 2.01. The van der Waals surface area contributed by atoms with Crippen molar-refractivity contribution in [2.45, 2.75) is 25.3 Å². The van der Waals surface area contributed by atoms with E-state index in [2.05, 4.69) is 25.8 Å². The van der Waals surface area contributed by atoms with Gasteiger partial charge in [-0.25, -0.2) is 13.1 Å². The molecular formula is C13H15BrClN3O2S. The van der Waals surface area contributed by atoms with Crippen LogP contribution in [0.5, 0.6) is 0 Å². The highest BCUT2D eigenvalue weighted by atomic mass is 79.9. The third-order valence-corrected chi connectivity index (χ3v) is 5.66. The highest BCUT2D eigenvalue weighted by molar-refractivity contribution is 9.10. The summed E-state index contributed by atoms with van der Waals surface area (Å²) in [5.74, 6) is 0. The van der Waals surface area contributed by atoms with Gasteiger partial charge in [-0.2, -0.15) is 5.10 Å². The molecule has 2 aromatic rings. The minimum atomic E-state index is -3.67. The van der Waals surface area contributed by atoms with Crippen molar-refractivity contribution in [3.05, 3.63) is 44.6 Å². The van der Waals surface area contributed by atoms with Gasteiger partial charge >= 0.3 is 0 Å². The van der Waals surface area contributed by atoms with Gasteiger partial charge in [0.15, 0.2) is 0 Å². The number of nitrogens with one attached hydrogen (secondary N) is 1. The summed E-state index contributed by atoms with van der Waals surface area (Å²) in [7, 11) is -1.84. The largest absolute Gasteiger partial charge is 0.272 e. The molecule has 8 heteroatoms. The second-order valence-corrected chi connectivity index (χ2v) is 7.73. The number of halogens is 2. The van der Waals surface area contributed by atoms with Gasteiger partial charge < -0.3 is 0 Å². The zero-order valence-corrected chi connectivity index (χ0v) is 15.0. The second-order valence-electron chi connectivity index (χ2n) is 4.67. The summed E-state index contributed by atoms with van der Waals surface area (Å²) < 4.78 is 29.7. The summed E-state index contributed by atoms with van der Waals surface area (Å²) in [6.45, 7) is 3.93. The molecule has 0 atom stereocenters. The average molecular weight is 393 g/mol. The Morgan fingerprint density at radius 2 is 2.05 bits per heavy atom. The molecule has 0 radical (unpaired) electrons. The van der Waals surface area contributed by atoms with Crippen LogP contribution in [-0.2, 0) is 23.6 Å². The van der Waals surface area contributed by atoms with Crippen molar-refractivity contribution in [2.24, 2.45) is 7.05 Å². The molecule has 1 aromatic carbocycles. The monoisotopic (exact) mass is 391 g/mol. The van der Waals surface area contributed by atoms with Gasteiger partial charge in [0.2, 0.25) is 10.0 Å². The second kappa shape index (κ2) is 6.08. The molecule has 2 rings (SSSR count). The molecule has 0 aliphatic carbocycles. The van der Waals surface area contributed by atoms with Crippen LogP contribution < -0.4 is 4.72 Å².